The first-order valence-electron chi connectivity index (χ1n) is 9.65. The van der Waals surface area contributed by atoms with Crippen LogP contribution in [0.1, 0.15) is 13.8 Å². The summed E-state index contributed by atoms with van der Waals surface area (Å²) in [5.74, 6) is 1.67. The van der Waals surface area contributed by atoms with Crippen molar-refractivity contribution in [2.24, 2.45) is 4.99 Å². The molecule has 0 radical (unpaired) electrons. The van der Waals surface area contributed by atoms with Gasteiger partial charge in [0, 0.05) is 38.1 Å². The smallest absolute Gasteiger partial charge is 0.248 e. The first kappa shape index (κ1) is 17.6. The van der Waals surface area contributed by atoms with Crippen molar-refractivity contribution in [2.75, 3.05) is 37.7 Å². The van der Waals surface area contributed by atoms with Gasteiger partial charge in [0.05, 0.1) is 12.6 Å². The van der Waals surface area contributed by atoms with Crippen molar-refractivity contribution >= 4 is 17.4 Å². The molecule has 0 bridgehead atoms. The van der Waals surface area contributed by atoms with Gasteiger partial charge in [-0.05, 0) is 38.1 Å². The minimum atomic E-state index is -0.288. The van der Waals surface area contributed by atoms with Gasteiger partial charge >= 0.3 is 0 Å². The van der Waals surface area contributed by atoms with E-state index in [4.69, 9.17) is 9.73 Å². The van der Waals surface area contributed by atoms with Crippen LogP contribution in [0.3, 0.4) is 0 Å². The molecule has 3 aliphatic rings. The second-order valence-electron chi connectivity index (χ2n) is 7.00. The van der Waals surface area contributed by atoms with Crippen LogP contribution in [-0.2, 0) is 9.53 Å². The first-order valence-corrected chi connectivity index (χ1v) is 9.65. The Balaban J connectivity index is 1.42. The lowest BCUT2D eigenvalue weighted by atomic mass is 10.1. The number of hydrogen-bond donors (Lipinski definition) is 0. The largest absolute Gasteiger partial charge is 0.490 e. The summed E-state index contributed by atoms with van der Waals surface area (Å²) >= 11 is 0. The molecular weight excluding hydrogens is 340 g/mol. The molecule has 1 aromatic rings. The number of aliphatic imine (C=N–C) groups is 1. The molecule has 2 atom stereocenters. The third-order valence-electron chi connectivity index (χ3n) is 5.31. The van der Waals surface area contributed by atoms with Crippen molar-refractivity contribution < 1.29 is 9.53 Å². The Morgan fingerprint density at radius 2 is 1.93 bits per heavy atom. The molecule has 0 spiro atoms. The SMILES string of the molecule is CCOC1=CC=CN2C1=NC(C)C2C(=O)N1CCN(c2ccccc2)CC1. The summed E-state index contributed by atoms with van der Waals surface area (Å²) < 4.78 is 5.69. The molecule has 3 aliphatic heterocycles. The van der Waals surface area contributed by atoms with Crippen molar-refractivity contribution in [3.63, 3.8) is 0 Å². The third kappa shape index (κ3) is 3.31. The number of carbonyl (C=O) groups is 1. The van der Waals surface area contributed by atoms with Gasteiger partial charge in [-0.2, -0.15) is 0 Å². The standard InChI is InChI=1S/C21H26N4O2/c1-3-27-18-10-7-11-25-19(16(2)22-20(18)25)21(26)24-14-12-23(13-15-24)17-8-5-4-6-9-17/h4-11,16,19H,3,12-15H2,1-2H3. The van der Waals surface area contributed by atoms with Gasteiger partial charge in [-0.1, -0.05) is 18.2 Å². The minimum absolute atomic E-state index is 0.0914. The van der Waals surface area contributed by atoms with E-state index in [2.05, 4.69) is 29.2 Å². The molecule has 2 unspecified atom stereocenters. The lowest BCUT2D eigenvalue weighted by Crippen LogP contribution is -2.55. The molecular formula is C21H26N4O2. The summed E-state index contributed by atoms with van der Waals surface area (Å²) in [6, 6.07) is 10.00. The summed E-state index contributed by atoms with van der Waals surface area (Å²) in [7, 11) is 0. The third-order valence-corrected chi connectivity index (χ3v) is 5.31. The zero-order valence-corrected chi connectivity index (χ0v) is 15.9. The Morgan fingerprint density at radius 1 is 1.19 bits per heavy atom. The fraction of sp³-hybridized carbons (Fsp3) is 0.429. The van der Waals surface area contributed by atoms with Crippen LogP contribution in [0.4, 0.5) is 5.69 Å². The van der Waals surface area contributed by atoms with Crippen LogP contribution >= 0.6 is 0 Å². The number of amidine groups is 1. The Kier molecular flexibility index (Phi) is 4.88. The van der Waals surface area contributed by atoms with E-state index in [-0.39, 0.29) is 18.0 Å². The number of carbonyl (C=O) groups excluding carboxylic acids is 1. The number of hydrogen-bond acceptors (Lipinski definition) is 5. The molecule has 27 heavy (non-hydrogen) atoms. The second kappa shape index (κ2) is 7.47. The summed E-state index contributed by atoms with van der Waals surface area (Å²) in [5, 5.41) is 0. The van der Waals surface area contributed by atoms with E-state index in [9.17, 15) is 4.79 Å². The van der Waals surface area contributed by atoms with Crippen LogP contribution < -0.4 is 4.90 Å². The van der Waals surface area contributed by atoms with E-state index >= 15 is 0 Å². The first-order chi connectivity index (χ1) is 13.2. The summed E-state index contributed by atoms with van der Waals surface area (Å²) in [4.78, 5) is 24.3. The normalized spacial score (nSPS) is 24.4. The Bertz CT molecular complexity index is 779. The molecule has 6 nitrogen and oxygen atoms in total. The highest BCUT2D eigenvalue weighted by atomic mass is 16.5. The Labute approximate surface area is 160 Å². The number of benzene rings is 1. The van der Waals surface area contributed by atoms with Gasteiger partial charge < -0.3 is 19.4 Å². The topological polar surface area (TPSA) is 48.4 Å². The van der Waals surface area contributed by atoms with Crippen molar-refractivity contribution in [2.45, 2.75) is 25.9 Å². The fourth-order valence-electron chi connectivity index (χ4n) is 3.95. The zero-order chi connectivity index (χ0) is 18.8. The maximum absolute atomic E-state index is 13.3. The molecule has 6 heteroatoms. The lowest BCUT2D eigenvalue weighted by molar-refractivity contribution is -0.135. The van der Waals surface area contributed by atoms with Crippen molar-refractivity contribution in [3.8, 4) is 0 Å². The van der Waals surface area contributed by atoms with Crippen LogP contribution in [0.15, 0.2) is 59.4 Å². The molecule has 1 aromatic carbocycles. The van der Waals surface area contributed by atoms with E-state index in [1.807, 2.05) is 48.1 Å². The monoisotopic (exact) mass is 366 g/mol. The molecule has 1 fully saturated rings. The summed E-state index contributed by atoms with van der Waals surface area (Å²) in [6.07, 6.45) is 5.78. The average molecular weight is 366 g/mol. The average Bonchev–Trinajstić information content (AvgIpc) is 3.05. The maximum Gasteiger partial charge on any atom is 0.248 e. The number of allylic oxidation sites excluding steroid dienone is 2. The highest BCUT2D eigenvalue weighted by Crippen LogP contribution is 2.27. The molecule has 0 N–H and O–H groups in total. The van der Waals surface area contributed by atoms with Gasteiger partial charge in [0.1, 0.15) is 6.04 Å². The van der Waals surface area contributed by atoms with Gasteiger partial charge in [0.25, 0.3) is 0 Å². The van der Waals surface area contributed by atoms with Crippen LogP contribution in [0, 0.1) is 0 Å². The molecule has 1 saturated heterocycles. The minimum Gasteiger partial charge on any atom is -0.490 e. The Morgan fingerprint density at radius 3 is 2.63 bits per heavy atom. The van der Waals surface area contributed by atoms with Crippen molar-refractivity contribution in [1.29, 1.82) is 0 Å². The van der Waals surface area contributed by atoms with Gasteiger partial charge in [0.2, 0.25) is 5.91 Å². The number of rotatable bonds is 4. The number of nitrogens with zero attached hydrogens (tertiary/aromatic N) is 4. The molecule has 142 valence electrons. The van der Waals surface area contributed by atoms with Gasteiger partial charge in [-0.15, -0.1) is 0 Å². The number of fused-ring (bicyclic) bond motifs is 1. The summed E-state index contributed by atoms with van der Waals surface area (Å²) in [6.45, 7) is 7.72. The highest BCUT2D eigenvalue weighted by molar-refractivity contribution is 6.03. The molecule has 0 saturated carbocycles. The van der Waals surface area contributed by atoms with Gasteiger partial charge in [0.15, 0.2) is 11.6 Å². The Hall–Kier alpha value is -2.76. The molecule has 4 rings (SSSR count). The van der Waals surface area contributed by atoms with Crippen LogP contribution in [0.5, 0.6) is 0 Å². The van der Waals surface area contributed by atoms with Crippen molar-refractivity contribution in [1.82, 2.24) is 9.80 Å². The maximum atomic E-state index is 13.3. The highest BCUT2D eigenvalue weighted by Gasteiger charge is 2.42. The number of para-hydroxylation sites is 1. The van der Waals surface area contributed by atoms with Crippen LogP contribution in [0.2, 0.25) is 0 Å². The molecule has 0 aliphatic carbocycles. The second-order valence-corrected chi connectivity index (χ2v) is 7.00. The predicted molar refractivity (Wildman–Crippen MR) is 107 cm³/mol. The van der Waals surface area contributed by atoms with Crippen molar-refractivity contribution in [3.05, 3.63) is 54.4 Å². The van der Waals surface area contributed by atoms with Gasteiger partial charge in [-0.25, -0.2) is 0 Å². The summed E-state index contributed by atoms with van der Waals surface area (Å²) in [5.41, 5.74) is 1.22. The number of amides is 1. The van der Waals surface area contributed by atoms with E-state index in [0.29, 0.717) is 6.61 Å². The quantitative estimate of drug-likeness (QED) is 0.820. The van der Waals surface area contributed by atoms with Crippen LogP contribution in [-0.4, -0.2) is 66.4 Å². The fourth-order valence-corrected chi connectivity index (χ4v) is 3.95. The molecule has 3 heterocycles. The van der Waals surface area contributed by atoms with Gasteiger partial charge in [-0.3, -0.25) is 9.79 Å². The van der Waals surface area contributed by atoms with E-state index in [0.717, 1.165) is 37.8 Å². The number of piperazine rings is 1. The molecule has 0 aromatic heterocycles. The number of anilines is 1. The predicted octanol–water partition coefficient (Wildman–Crippen LogP) is 2.25. The van der Waals surface area contributed by atoms with Crippen LogP contribution in [0.25, 0.3) is 0 Å². The zero-order valence-electron chi connectivity index (χ0n) is 15.9. The van der Waals surface area contributed by atoms with E-state index in [1.165, 1.54) is 5.69 Å². The number of ether oxygens (including phenoxy) is 1. The van der Waals surface area contributed by atoms with E-state index in [1.54, 1.807) is 0 Å². The molecule has 1 amide bonds. The lowest BCUT2D eigenvalue weighted by Gasteiger charge is -2.39. The van der Waals surface area contributed by atoms with E-state index < -0.39 is 0 Å².